The summed E-state index contributed by atoms with van der Waals surface area (Å²) in [6, 6.07) is 35.2. The molecule has 5 aromatic rings. The van der Waals surface area contributed by atoms with E-state index in [1.807, 2.05) is 30.3 Å². The number of carboxylic acid groups (broad SMARTS) is 1. The van der Waals surface area contributed by atoms with Gasteiger partial charge in [-0.15, -0.1) is 0 Å². The molecule has 0 unspecified atom stereocenters. The monoisotopic (exact) mass is 528 g/mol. The van der Waals surface area contributed by atoms with E-state index in [1.165, 1.54) is 11.1 Å². The highest BCUT2D eigenvalue weighted by Gasteiger charge is 2.08. The van der Waals surface area contributed by atoms with E-state index >= 15 is 0 Å². The van der Waals surface area contributed by atoms with Gasteiger partial charge in [-0.1, -0.05) is 97.1 Å². The molecule has 4 aromatic carbocycles. The summed E-state index contributed by atoms with van der Waals surface area (Å²) in [6.07, 6.45) is 6.88. The van der Waals surface area contributed by atoms with Crippen LogP contribution < -0.4 is 4.74 Å². The quantitative estimate of drug-likeness (QED) is 0.175. The molecular weight excluding hydrogens is 496 g/mol. The summed E-state index contributed by atoms with van der Waals surface area (Å²) in [6.45, 7) is 3.36. The molecule has 0 spiro atoms. The summed E-state index contributed by atoms with van der Waals surface area (Å²) in [4.78, 5) is 15.5. The highest BCUT2D eigenvalue weighted by Crippen LogP contribution is 2.26. The van der Waals surface area contributed by atoms with E-state index in [1.54, 1.807) is 0 Å². The van der Waals surface area contributed by atoms with Gasteiger partial charge in [-0.2, -0.15) is 0 Å². The van der Waals surface area contributed by atoms with Gasteiger partial charge in [-0.3, -0.25) is 4.79 Å². The topological polar surface area (TPSA) is 64.4 Å². The summed E-state index contributed by atoms with van der Waals surface area (Å²) >= 11 is 0. The highest BCUT2D eigenvalue weighted by atomic mass is 16.5. The molecule has 0 amide bonds. The van der Waals surface area contributed by atoms with Gasteiger partial charge in [-0.25, -0.2) is 4.98 Å². The molecule has 1 aromatic heterocycles. The zero-order valence-corrected chi connectivity index (χ0v) is 22.5. The number of ether oxygens (including phenoxy) is 1. The Morgan fingerprint density at radius 2 is 1.35 bits per heavy atom. The van der Waals surface area contributed by atoms with Crippen LogP contribution in [0, 0.1) is 0 Å². The van der Waals surface area contributed by atoms with Gasteiger partial charge >= 0.3 is 5.97 Å². The van der Waals surface area contributed by atoms with Crippen LogP contribution in [0.4, 0.5) is 0 Å². The lowest BCUT2D eigenvalue weighted by Gasteiger charge is -2.07. The summed E-state index contributed by atoms with van der Waals surface area (Å²) in [7, 11) is 0. The van der Waals surface area contributed by atoms with Crippen molar-refractivity contribution in [2.75, 3.05) is 6.61 Å². The molecule has 40 heavy (non-hydrogen) atoms. The SMILES string of the molecule is CCn1cc(-c2ccc(-c3ccccc3)cc2)nc1/C=C/c1ccc(-c2ccc(OCCCC(=O)O)cc2)cc1. The average molecular weight is 529 g/mol. The molecule has 1 heterocycles. The van der Waals surface area contributed by atoms with Crippen LogP contribution in [-0.2, 0) is 11.3 Å². The zero-order chi connectivity index (χ0) is 27.7. The van der Waals surface area contributed by atoms with Crippen molar-refractivity contribution in [3.8, 4) is 39.3 Å². The first-order chi connectivity index (χ1) is 19.6. The fourth-order valence-corrected chi connectivity index (χ4v) is 4.53. The maximum Gasteiger partial charge on any atom is 0.303 e. The lowest BCUT2D eigenvalue weighted by Crippen LogP contribution is -2.01. The van der Waals surface area contributed by atoms with Crippen molar-refractivity contribution in [3.63, 3.8) is 0 Å². The van der Waals surface area contributed by atoms with E-state index in [2.05, 4.69) is 103 Å². The van der Waals surface area contributed by atoms with Crippen molar-refractivity contribution >= 4 is 18.1 Å². The van der Waals surface area contributed by atoms with Crippen molar-refractivity contribution in [1.29, 1.82) is 0 Å². The van der Waals surface area contributed by atoms with Gasteiger partial charge < -0.3 is 14.4 Å². The lowest BCUT2D eigenvalue weighted by atomic mass is 10.0. The van der Waals surface area contributed by atoms with Crippen LogP contribution in [0.25, 0.3) is 45.7 Å². The van der Waals surface area contributed by atoms with Gasteiger partial charge in [0, 0.05) is 24.7 Å². The van der Waals surface area contributed by atoms with Crippen molar-refractivity contribution < 1.29 is 14.6 Å². The molecule has 0 radical (unpaired) electrons. The molecule has 0 bridgehead atoms. The fourth-order valence-electron chi connectivity index (χ4n) is 4.53. The molecule has 0 saturated heterocycles. The summed E-state index contributed by atoms with van der Waals surface area (Å²) in [5.74, 6) is 0.863. The van der Waals surface area contributed by atoms with Crippen LogP contribution in [0.2, 0.25) is 0 Å². The zero-order valence-electron chi connectivity index (χ0n) is 22.5. The Labute approximate surface area is 235 Å². The predicted octanol–water partition coefficient (Wildman–Crippen LogP) is 8.32. The smallest absolute Gasteiger partial charge is 0.303 e. The van der Waals surface area contributed by atoms with E-state index < -0.39 is 5.97 Å². The Morgan fingerprint density at radius 3 is 1.98 bits per heavy atom. The number of carboxylic acids is 1. The number of carbonyl (C=O) groups is 1. The van der Waals surface area contributed by atoms with Gasteiger partial charge in [0.2, 0.25) is 0 Å². The minimum atomic E-state index is -0.803. The molecule has 0 aliphatic heterocycles. The lowest BCUT2D eigenvalue weighted by molar-refractivity contribution is -0.137. The number of hydrogen-bond donors (Lipinski definition) is 1. The number of hydrogen-bond acceptors (Lipinski definition) is 3. The Morgan fingerprint density at radius 1 is 0.775 bits per heavy atom. The second-order valence-corrected chi connectivity index (χ2v) is 9.54. The summed E-state index contributed by atoms with van der Waals surface area (Å²) in [5.41, 5.74) is 7.78. The summed E-state index contributed by atoms with van der Waals surface area (Å²) in [5, 5.41) is 8.73. The van der Waals surface area contributed by atoms with Gasteiger partial charge in [0.1, 0.15) is 11.6 Å². The third-order valence-electron chi connectivity index (χ3n) is 6.76. The number of aromatic nitrogens is 2. The maximum absolute atomic E-state index is 10.6. The average Bonchev–Trinajstić information content (AvgIpc) is 3.43. The number of nitrogens with zero attached hydrogens (tertiary/aromatic N) is 2. The van der Waals surface area contributed by atoms with Crippen LogP contribution in [-0.4, -0.2) is 27.2 Å². The van der Waals surface area contributed by atoms with Crippen LogP contribution >= 0.6 is 0 Å². The van der Waals surface area contributed by atoms with E-state index in [0.29, 0.717) is 13.0 Å². The first-order valence-corrected chi connectivity index (χ1v) is 13.6. The third kappa shape index (κ3) is 6.75. The second-order valence-electron chi connectivity index (χ2n) is 9.54. The molecule has 0 aliphatic rings. The number of imidazole rings is 1. The van der Waals surface area contributed by atoms with Gasteiger partial charge in [0.15, 0.2) is 0 Å². The molecule has 5 nitrogen and oxygen atoms in total. The molecule has 0 aliphatic carbocycles. The minimum absolute atomic E-state index is 0.114. The van der Waals surface area contributed by atoms with Gasteiger partial charge in [-0.05, 0) is 59.4 Å². The largest absolute Gasteiger partial charge is 0.494 e. The standard InChI is InChI=1S/C35H32N2O3/c1-2-37-25-33(31-17-15-29(16-18-31)27-7-4-3-5-8-27)36-34(37)23-12-26-10-13-28(14-11-26)30-19-21-32(22-20-30)40-24-6-9-35(38)39/h3-5,7-8,10-23,25H,2,6,9,24H2,1H3,(H,38,39)/b23-12+. The number of aryl methyl sites for hydroxylation is 1. The fraction of sp³-hybridized carbons (Fsp3) is 0.143. The van der Waals surface area contributed by atoms with E-state index in [9.17, 15) is 4.79 Å². The number of aliphatic carboxylic acids is 1. The van der Waals surface area contributed by atoms with Crippen molar-refractivity contribution in [2.24, 2.45) is 0 Å². The van der Waals surface area contributed by atoms with Gasteiger partial charge in [0.25, 0.3) is 0 Å². The normalized spacial score (nSPS) is 11.1. The van der Waals surface area contributed by atoms with E-state index in [-0.39, 0.29) is 6.42 Å². The molecule has 200 valence electrons. The second kappa shape index (κ2) is 12.8. The molecular formula is C35H32N2O3. The van der Waals surface area contributed by atoms with Crippen molar-refractivity contribution in [3.05, 3.63) is 121 Å². The Hall–Kier alpha value is -4.90. The number of rotatable bonds is 11. The molecule has 0 saturated carbocycles. The predicted molar refractivity (Wildman–Crippen MR) is 162 cm³/mol. The first-order valence-electron chi connectivity index (χ1n) is 13.6. The maximum atomic E-state index is 10.6. The summed E-state index contributed by atoms with van der Waals surface area (Å²) < 4.78 is 7.80. The van der Waals surface area contributed by atoms with Crippen LogP contribution in [0.1, 0.15) is 31.2 Å². The van der Waals surface area contributed by atoms with E-state index in [0.717, 1.165) is 46.1 Å². The van der Waals surface area contributed by atoms with Crippen LogP contribution in [0.3, 0.4) is 0 Å². The minimum Gasteiger partial charge on any atom is -0.494 e. The molecule has 0 fully saturated rings. The molecule has 0 atom stereocenters. The molecule has 1 N–H and O–H groups in total. The highest BCUT2D eigenvalue weighted by molar-refractivity contribution is 5.73. The Balaban J connectivity index is 1.23. The van der Waals surface area contributed by atoms with Gasteiger partial charge in [0.05, 0.1) is 12.3 Å². The number of benzene rings is 4. The molecule has 5 heteroatoms. The molecule has 5 rings (SSSR count). The van der Waals surface area contributed by atoms with E-state index in [4.69, 9.17) is 14.8 Å². The van der Waals surface area contributed by atoms with Crippen molar-refractivity contribution in [1.82, 2.24) is 9.55 Å². The van der Waals surface area contributed by atoms with Crippen LogP contribution in [0.5, 0.6) is 5.75 Å². The third-order valence-corrected chi connectivity index (χ3v) is 6.76. The van der Waals surface area contributed by atoms with Crippen LogP contribution in [0.15, 0.2) is 109 Å². The first kappa shape index (κ1) is 26.7. The Bertz CT molecular complexity index is 1570. The Kier molecular flexibility index (Phi) is 8.52. The van der Waals surface area contributed by atoms with Crippen molar-refractivity contribution in [2.45, 2.75) is 26.3 Å².